The molecule has 8 heteroatoms. The third-order valence-electron chi connectivity index (χ3n) is 5.74. The highest BCUT2D eigenvalue weighted by Crippen LogP contribution is 2.39. The van der Waals surface area contributed by atoms with Crippen LogP contribution in [0.3, 0.4) is 0 Å². The largest absolute Gasteiger partial charge is 0.441 e. The average Bonchev–Trinajstić information content (AvgIpc) is 3.56. The fourth-order valence-electron chi connectivity index (χ4n) is 4.20. The van der Waals surface area contributed by atoms with E-state index in [2.05, 4.69) is 19.9 Å². The Hall–Kier alpha value is -3.81. The standard InChI is InChI=1S/C24H20F2N4O2/c25-17-8-5-15(6-9-17)21-22(30(14-28-21)18-3-1-2-4-18)16-7-10-19(26)20(13-16)29-23(31)24-27-11-12-32-24/h5-14,18H,1-4H2,(H,29,31). The summed E-state index contributed by atoms with van der Waals surface area (Å²) in [4.78, 5) is 20.8. The number of carbonyl (C=O) groups excluding carboxylic acids is 1. The van der Waals surface area contributed by atoms with Crippen molar-refractivity contribution in [2.45, 2.75) is 31.7 Å². The van der Waals surface area contributed by atoms with Crippen molar-refractivity contribution in [2.24, 2.45) is 0 Å². The van der Waals surface area contributed by atoms with Gasteiger partial charge in [-0.2, -0.15) is 0 Å². The van der Waals surface area contributed by atoms with Crippen molar-refractivity contribution < 1.29 is 18.0 Å². The van der Waals surface area contributed by atoms with Crippen LogP contribution in [0.25, 0.3) is 22.5 Å². The number of benzene rings is 2. The first-order valence-electron chi connectivity index (χ1n) is 10.4. The number of rotatable bonds is 5. The van der Waals surface area contributed by atoms with Crippen molar-refractivity contribution in [1.82, 2.24) is 14.5 Å². The lowest BCUT2D eigenvalue weighted by molar-refractivity contribution is 0.0989. The van der Waals surface area contributed by atoms with Crippen LogP contribution in [0.2, 0.25) is 0 Å². The van der Waals surface area contributed by atoms with Crippen LogP contribution in [-0.2, 0) is 0 Å². The molecule has 2 aromatic carbocycles. The predicted octanol–water partition coefficient (Wildman–Crippen LogP) is 5.85. The van der Waals surface area contributed by atoms with E-state index in [1.807, 2.05) is 0 Å². The third-order valence-corrected chi connectivity index (χ3v) is 5.74. The first-order chi connectivity index (χ1) is 15.6. The topological polar surface area (TPSA) is 73.0 Å². The van der Waals surface area contributed by atoms with Gasteiger partial charge in [0.2, 0.25) is 0 Å². The molecule has 2 heterocycles. The van der Waals surface area contributed by atoms with Crippen LogP contribution < -0.4 is 5.32 Å². The minimum Gasteiger partial charge on any atom is -0.441 e. The molecule has 6 nitrogen and oxygen atoms in total. The summed E-state index contributed by atoms with van der Waals surface area (Å²) in [5.41, 5.74) is 2.93. The summed E-state index contributed by atoms with van der Waals surface area (Å²) in [5.74, 6) is -1.71. The lowest BCUT2D eigenvalue weighted by Crippen LogP contribution is -2.13. The highest BCUT2D eigenvalue weighted by Gasteiger charge is 2.24. The zero-order valence-corrected chi connectivity index (χ0v) is 17.1. The molecule has 0 bridgehead atoms. The first-order valence-corrected chi connectivity index (χ1v) is 10.4. The number of hydrogen-bond acceptors (Lipinski definition) is 4. The Labute approximate surface area is 182 Å². The number of anilines is 1. The van der Waals surface area contributed by atoms with Gasteiger partial charge in [0.05, 0.1) is 29.6 Å². The normalized spacial score (nSPS) is 14.1. The van der Waals surface area contributed by atoms with Crippen LogP contribution >= 0.6 is 0 Å². The third kappa shape index (κ3) is 3.79. The van der Waals surface area contributed by atoms with E-state index in [9.17, 15) is 13.6 Å². The second kappa shape index (κ2) is 8.37. The monoisotopic (exact) mass is 434 g/mol. The minimum atomic E-state index is -0.644. The van der Waals surface area contributed by atoms with Crippen LogP contribution in [0.5, 0.6) is 0 Å². The maximum atomic E-state index is 14.6. The Morgan fingerprint density at radius 1 is 1.03 bits per heavy atom. The number of nitrogens with zero attached hydrogens (tertiary/aromatic N) is 3. The molecule has 1 aliphatic carbocycles. The van der Waals surface area contributed by atoms with E-state index in [4.69, 9.17) is 4.42 Å². The van der Waals surface area contributed by atoms with Gasteiger partial charge in [-0.1, -0.05) is 12.8 Å². The average molecular weight is 434 g/mol. The van der Waals surface area contributed by atoms with Gasteiger partial charge in [0.1, 0.15) is 17.9 Å². The van der Waals surface area contributed by atoms with Crippen LogP contribution in [0, 0.1) is 11.6 Å². The van der Waals surface area contributed by atoms with Gasteiger partial charge in [-0.15, -0.1) is 0 Å². The van der Waals surface area contributed by atoms with Gasteiger partial charge in [-0.25, -0.2) is 18.7 Å². The van der Waals surface area contributed by atoms with Crippen molar-refractivity contribution in [3.8, 4) is 22.5 Å². The number of hydrogen-bond donors (Lipinski definition) is 1. The summed E-state index contributed by atoms with van der Waals surface area (Å²) in [5, 5.41) is 2.52. The Morgan fingerprint density at radius 2 is 1.78 bits per heavy atom. The smallest absolute Gasteiger partial charge is 0.311 e. The van der Waals surface area contributed by atoms with Crippen LogP contribution in [0.1, 0.15) is 42.4 Å². The first kappa shape index (κ1) is 20.1. The maximum Gasteiger partial charge on any atom is 0.311 e. The Bertz CT molecular complexity index is 1240. The molecule has 0 saturated heterocycles. The number of halogens is 2. The minimum absolute atomic E-state index is 0.00919. The fraction of sp³-hybridized carbons (Fsp3) is 0.208. The highest BCUT2D eigenvalue weighted by molar-refractivity contribution is 6.01. The van der Waals surface area contributed by atoms with Gasteiger partial charge in [-0.05, 0) is 55.3 Å². The number of aromatic nitrogens is 3. The Kier molecular flexibility index (Phi) is 5.26. The molecule has 1 fully saturated rings. The number of carbonyl (C=O) groups is 1. The lowest BCUT2D eigenvalue weighted by atomic mass is 10.0. The van der Waals surface area contributed by atoms with Gasteiger partial charge in [-0.3, -0.25) is 4.79 Å². The van der Waals surface area contributed by atoms with E-state index in [0.29, 0.717) is 11.3 Å². The zero-order chi connectivity index (χ0) is 22.1. The van der Waals surface area contributed by atoms with Gasteiger partial charge in [0.25, 0.3) is 5.89 Å². The fourth-order valence-corrected chi connectivity index (χ4v) is 4.20. The molecule has 0 unspecified atom stereocenters. The van der Waals surface area contributed by atoms with Crippen LogP contribution in [0.4, 0.5) is 14.5 Å². The zero-order valence-electron chi connectivity index (χ0n) is 17.1. The predicted molar refractivity (Wildman–Crippen MR) is 115 cm³/mol. The molecular formula is C24H20F2N4O2. The summed E-state index contributed by atoms with van der Waals surface area (Å²) in [6.45, 7) is 0. The molecule has 0 atom stereocenters. The molecule has 1 N–H and O–H groups in total. The van der Waals surface area contributed by atoms with E-state index in [0.717, 1.165) is 36.9 Å². The van der Waals surface area contributed by atoms with Crippen molar-refractivity contribution in [3.63, 3.8) is 0 Å². The van der Waals surface area contributed by atoms with Crippen molar-refractivity contribution in [1.29, 1.82) is 0 Å². The van der Waals surface area contributed by atoms with Crippen LogP contribution in [0.15, 0.2) is 65.7 Å². The van der Waals surface area contributed by atoms with Crippen molar-refractivity contribution in [2.75, 3.05) is 5.32 Å². The summed E-state index contributed by atoms with van der Waals surface area (Å²) < 4.78 is 35.1. The van der Waals surface area contributed by atoms with E-state index in [1.165, 1.54) is 30.7 Å². The lowest BCUT2D eigenvalue weighted by Gasteiger charge is -2.17. The van der Waals surface area contributed by atoms with E-state index >= 15 is 0 Å². The molecule has 162 valence electrons. The quantitative estimate of drug-likeness (QED) is 0.428. The summed E-state index contributed by atoms with van der Waals surface area (Å²) in [6, 6.07) is 10.9. The Morgan fingerprint density at radius 3 is 2.50 bits per heavy atom. The van der Waals surface area contributed by atoms with Gasteiger partial charge < -0.3 is 14.3 Å². The number of amides is 1. The van der Waals surface area contributed by atoms with Crippen LogP contribution in [-0.4, -0.2) is 20.4 Å². The summed E-state index contributed by atoms with van der Waals surface area (Å²) >= 11 is 0. The molecule has 1 amide bonds. The van der Waals surface area contributed by atoms with Crippen molar-refractivity contribution in [3.05, 3.63) is 78.8 Å². The highest BCUT2D eigenvalue weighted by atomic mass is 19.1. The van der Waals surface area contributed by atoms with E-state index in [1.54, 1.807) is 30.6 Å². The molecule has 0 radical (unpaired) electrons. The molecule has 1 aliphatic rings. The maximum absolute atomic E-state index is 14.6. The number of imidazole rings is 1. The molecule has 2 aromatic heterocycles. The van der Waals surface area contributed by atoms with Crippen molar-refractivity contribution >= 4 is 11.6 Å². The molecule has 32 heavy (non-hydrogen) atoms. The molecular weight excluding hydrogens is 414 g/mol. The molecule has 1 saturated carbocycles. The summed E-state index contributed by atoms with van der Waals surface area (Å²) in [7, 11) is 0. The SMILES string of the molecule is O=C(Nc1cc(-c2c(-c3ccc(F)cc3)ncn2C2CCCC2)ccc1F)c1ncco1. The molecule has 5 rings (SSSR count). The number of oxazole rings is 1. The number of nitrogens with one attached hydrogen (secondary N) is 1. The molecule has 4 aromatic rings. The summed E-state index contributed by atoms with van der Waals surface area (Å²) in [6.07, 6.45) is 8.73. The Balaban J connectivity index is 1.59. The van der Waals surface area contributed by atoms with Gasteiger partial charge in [0, 0.05) is 17.2 Å². The van der Waals surface area contributed by atoms with Gasteiger partial charge in [0.15, 0.2) is 0 Å². The van der Waals surface area contributed by atoms with E-state index in [-0.39, 0.29) is 23.4 Å². The second-order valence-corrected chi connectivity index (χ2v) is 7.78. The van der Waals surface area contributed by atoms with E-state index < -0.39 is 11.7 Å². The molecule has 0 spiro atoms. The second-order valence-electron chi connectivity index (χ2n) is 7.78. The molecule has 0 aliphatic heterocycles. The van der Waals surface area contributed by atoms with Gasteiger partial charge >= 0.3 is 5.91 Å².